The van der Waals surface area contributed by atoms with Gasteiger partial charge in [0.05, 0.1) is 4.90 Å². The topological polar surface area (TPSA) is 37.4 Å². The first-order valence-electron chi connectivity index (χ1n) is 9.17. The van der Waals surface area contributed by atoms with Gasteiger partial charge in [-0.25, -0.2) is 8.42 Å². The van der Waals surface area contributed by atoms with E-state index >= 15 is 0 Å². The maximum absolute atomic E-state index is 13.2. The van der Waals surface area contributed by atoms with E-state index in [0.717, 1.165) is 35.7 Å². The molecule has 1 aromatic rings. The number of hydrogen-bond acceptors (Lipinski definition) is 2. The molecule has 0 saturated carbocycles. The number of alkyl halides is 1. The van der Waals surface area contributed by atoms with Gasteiger partial charge in [0.2, 0.25) is 10.0 Å². The van der Waals surface area contributed by atoms with E-state index in [1.54, 1.807) is 12.1 Å². The van der Waals surface area contributed by atoms with Crippen LogP contribution in [0.15, 0.2) is 29.2 Å². The van der Waals surface area contributed by atoms with Gasteiger partial charge in [0.15, 0.2) is 0 Å². The molecule has 136 valence electrons. The highest BCUT2D eigenvalue weighted by atomic mass is 127. The second-order valence-corrected chi connectivity index (χ2v) is 9.61. The van der Waals surface area contributed by atoms with Crippen LogP contribution in [-0.2, 0) is 10.0 Å². The number of unbranched alkanes of at least 4 members (excludes halogenated alkanes) is 4. The molecule has 3 nitrogen and oxygen atoms in total. The quantitative estimate of drug-likeness (QED) is 0.283. The molecular formula is C19H30INO2S. The SMILES string of the molecule is CCCCCCC[C@@H]1CC[C@@H](CI)N1S(=O)(=O)c1ccc(C)cc1. The minimum Gasteiger partial charge on any atom is -0.207 e. The van der Waals surface area contributed by atoms with E-state index in [-0.39, 0.29) is 12.1 Å². The summed E-state index contributed by atoms with van der Waals surface area (Å²) in [6.07, 6.45) is 9.16. The van der Waals surface area contributed by atoms with E-state index in [2.05, 4.69) is 29.5 Å². The van der Waals surface area contributed by atoms with Crippen molar-refractivity contribution in [3.05, 3.63) is 29.8 Å². The molecule has 0 aliphatic carbocycles. The molecular weight excluding hydrogens is 433 g/mol. The molecule has 1 aliphatic heterocycles. The van der Waals surface area contributed by atoms with Crippen LogP contribution in [0.2, 0.25) is 0 Å². The summed E-state index contributed by atoms with van der Waals surface area (Å²) >= 11 is 2.33. The third kappa shape index (κ3) is 4.94. The van der Waals surface area contributed by atoms with E-state index in [4.69, 9.17) is 0 Å². The molecule has 1 heterocycles. The van der Waals surface area contributed by atoms with Crippen molar-refractivity contribution < 1.29 is 8.42 Å². The molecule has 0 aromatic heterocycles. The highest BCUT2D eigenvalue weighted by Gasteiger charge is 2.41. The fourth-order valence-corrected chi connectivity index (χ4v) is 6.59. The molecule has 0 bridgehead atoms. The van der Waals surface area contributed by atoms with E-state index < -0.39 is 10.0 Å². The van der Waals surface area contributed by atoms with Gasteiger partial charge in [-0.05, 0) is 38.3 Å². The second-order valence-electron chi connectivity index (χ2n) is 6.89. The van der Waals surface area contributed by atoms with Crippen molar-refractivity contribution in [3.63, 3.8) is 0 Å². The number of benzene rings is 1. The summed E-state index contributed by atoms with van der Waals surface area (Å²) in [5.74, 6) is 0. The molecule has 0 spiro atoms. The molecule has 2 atom stereocenters. The summed E-state index contributed by atoms with van der Waals surface area (Å²) in [5.41, 5.74) is 1.09. The predicted molar refractivity (Wildman–Crippen MR) is 109 cm³/mol. The second kappa shape index (κ2) is 9.53. The number of nitrogens with zero attached hydrogens (tertiary/aromatic N) is 1. The fraction of sp³-hybridized carbons (Fsp3) is 0.684. The van der Waals surface area contributed by atoms with Gasteiger partial charge < -0.3 is 0 Å². The van der Waals surface area contributed by atoms with Crippen molar-refractivity contribution in [1.82, 2.24) is 4.31 Å². The molecule has 1 fully saturated rings. The summed E-state index contributed by atoms with van der Waals surface area (Å²) in [5, 5.41) is 0. The Morgan fingerprint density at radius 3 is 2.29 bits per heavy atom. The van der Waals surface area contributed by atoms with Gasteiger partial charge in [-0.1, -0.05) is 79.3 Å². The Kier molecular flexibility index (Phi) is 8.01. The lowest BCUT2D eigenvalue weighted by molar-refractivity contribution is 0.319. The van der Waals surface area contributed by atoms with E-state index in [1.807, 2.05) is 23.4 Å². The Balaban J connectivity index is 2.11. The van der Waals surface area contributed by atoms with E-state index in [9.17, 15) is 8.42 Å². The Morgan fingerprint density at radius 1 is 1.04 bits per heavy atom. The maximum Gasteiger partial charge on any atom is 0.243 e. The van der Waals surface area contributed by atoms with Crippen LogP contribution in [-0.4, -0.2) is 29.2 Å². The number of aryl methyl sites for hydroxylation is 1. The summed E-state index contributed by atoms with van der Waals surface area (Å²) in [6.45, 7) is 4.21. The van der Waals surface area contributed by atoms with E-state index in [0.29, 0.717) is 4.90 Å². The molecule has 0 amide bonds. The van der Waals surface area contributed by atoms with Crippen LogP contribution in [0.1, 0.15) is 63.9 Å². The van der Waals surface area contributed by atoms with Crippen LogP contribution in [0, 0.1) is 6.92 Å². The minimum absolute atomic E-state index is 0.151. The largest absolute Gasteiger partial charge is 0.243 e. The van der Waals surface area contributed by atoms with Crippen LogP contribution in [0.25, 0.3) is 0 Å². The molecule has 1 saturated heterocycles. The molecule has 2 rings (SSSR count). The number of rotatable bonds is 9. The van der Waals surface area contributed by atoms with Crippen molar-refractivity contribution in [3.8, 4) is 0 Å². The monoisotopic (exact) mass is 463 g/mol. The molecule has 0 N–H and O–H groups in total. The highest BCUT2D eigenvalue weighted by molar-refractivity contribution is 14.1. The van der Waals surface area contributed by atoms with Crippen LogP contribution < -0.4 is 0 Å². The summed E-state index contributed by atoms with van der Waals surface area (Å²) in [7, 11) is -3.38. The minimum atomic E-state index is -3.38. The number of halogens is 1. The third-order valence-electron chi connectivity index (χ3n) is 4.97. The first-order chi connectivity index (χ1) is 11.5. The summed E-state index contributed by atoms with van der Waals surface area (Å²) in [4.78, 5) is 0.445. The smallest absolute Gasteiger partial charge is 0.207 e. The Labute approximate surface area is 161 Å². The van der Waals surface area contributed by atoms with Gasteiger partial charge in [-0.3, -0.25) is 0 Å². The van der Waals surface area contributed by atoms with Gasteiger partial charge in [-0.15, -0.1) is 0 Å². The summed E-state index contributed by atoms with van der Waals surface area (Å²) in [6, 6.07) is 7.62. The molecule has 24 heavy (non-hydrogen) atoms. The first-order valence-corrected chi connectivity index (χ1v) is 12.1. The lowest BCUT2D eigenvalue weighted by atomic mass is 10.1. The first kappa shape index (κ1) is 20.2. The molecule has 0 unspecified atom stereocenters. The zero-order valence-corrected chi connectivity index (χ0v) is 17.9. The predicted octanol–water partition coefficient (Wildman–Crippen LogP) is 5.31. The Morgan fingerprint density at radius 2 is 1.67 bits per heavy atom. The van der Waals surface area contributed by atoms with Crippen molar-refractivity contribution in [1.29, 1.82) is 0 Å². The lowest BCUT2D eigenvalue weighted by Crippen LogP contribution is -2.41. The third-order valence-corrected chi connectivity index (χ3v) is 8.00. The zero-order chi connectivity index (χ0) is 17.6. The van der Waals surface area contributed by atoms with Crippen molar-refractivity contribution in [2.75, 3.05) is 4.43 Å². The summed E-state index contributed by atoms with van der Waals surface area (Å²) < 4.78 is 29.1. The van der Waals surface area contributed by atoms with Gasteiger partial charge in [-0.2, -0.15) is 4.31 Å². The van der Waals surface area contributed by atoms with Crippen LogP contribution >= 0.6 is 22.6 Å². The van der Waals surface area contributed by atoms with Crippen LogP contribution in [0.5, 0.6) is 0 Å². The van der Waals surface area contributed by atoms with Crippen LogP contribution in [0.3, 0.4) is 0 Å². The molecule has 0 radical (unpaired) electrons. The maximum atomic E-state index is 13.2. The number of hydrogen-bond donors (Lipinski definition) is 0. The van der Waals surface area contributed by atoms with Gasteiger partial charge in [0, 0.05) is 16.5 Å². The van der Waals surface area contributed by atoms with Crippen molar-refractivity contribution >= 4 is 32.6 Å². The normalized spacial score (nSPS) is 22.1. The Bertz CT molecular complexity index is 600. The van der Waals surface area contributed by atoms with Gasteiger partial charge in [0.25, 0.3) is 0 Å². The Hall–Kier alpha value is -0.140. The van der Waals surface area contributed by atoms with E-state index in [1.165, 1.54) is 25.7 Å². The average Bonchev–Trinajstić information content (AvgIpc) is 2.99. The van der Waals surface area contributed by atoms with Crippen molar-refractivity contribution in [2.45, 2.75) is 82.2 Å². The molecule has 1 aromatic carbocycles. The lowest BCUT2D eigenvalue weighted by Gasteiger charge is -2.29. The molecule has 1 aliphatic rings. The van der Waals surface area contributed by atoms with Gasteiger partial charge >= 0.3 is 0 Å². The van der Waals surface area contributed by atoms with Crippen molar-refractivity contribution in [2.24, 2.45) is 0 Å². The van der Waals surface area contributed by atoms with Crippen LogP contribution in [0.4, 0.5) is 0 Å². The number of sulfonamides is 1. The fourth-order valence-electron chi connectivity index (χ4n) is 3.56. The van der Waals surface area contributed by atoms with Gasteiger partial charge in [0.1, 0.15) is 0 Å². The standard InChI is InChI=1S/C19H30INO2S/c1-3-4-5-6-7-8-17-11-12-18(15-20)21(17)24(22,23)19-13-9-16(2)10-14-19/h9-10,13-14,17-18H,3-8,11-12,15H2,1-2H3/t17-,18+/m1/s1. The zero-order valence-electron chi connectivity index (χ0n) is 14.9. The highest BCUT2D eigenvalue weighted by Crippen LogP contribution is 2.34. The molecule has 5 heteroatoms. The average molecular weight is 463 g/mol.